The number of rotatable bonds is 4. The summed E-state index contributed by atoms with van der Waals surface area (Å²) in [5, 5.41) is 1.57. The van der Waals surface area contributed by atoms with Crippen molar-refractivity contribution in [1.29, 1.82) is 0 Å². The summed E-state index contributed by atoms with van der Waals surface area (Å²) >= 11 is 4.64. The molecule has 0 saturated heterocycles. The van der Waals surface area contributed by atoms with Gasteiger partial charge in [0.2, 0.25) is 0 Å². The molecule has 8 heteroatoms. The Balaban J connectivity index is 2.28. The lowest BCUT2D eigenvalue weighted by atomic mass is 10.4. The maximum Gasteiger partial charge on any atom is 0.263 e. The topological polar surface area (TPSA) is 85.1 Å². The Bertz CT molecular complexity index is 698. The molecule has 0 aliphatic heterocycles. The van der Waals surface area contributed by atoms with Gasteiger partial charge in [-0.2, -0.15) is 0 Å². The summed E-state index contributed by atoms with van der Waals surface area (Å²) in [5.74, 6) is 0.293. The molecule has 0 spiro atoms. The number of sulfonamides is 1. The Morgan fingerprint density at radius 2 is 2.21 bits per heavy atom. The summed E-state index contributed by atoms with van der Waals surface area (Å²) in [7, 11) is -3.61. The third-order valence-electron chi connectivity index (χ3n) is 2.40. The van der Waals surface area contributed by atoms with Crippen LogP contribution in [0.2, 0.25) is 0 Å². The number of hydrogen-bond donors (Lipinski definition) is 2. The Morgan fingerprint density at radius 1 is 1.47 bits per heavy atom. The number of nitrogens with zero attached hydrogens (tertiary/aromatic N) is 1. The summed E-state index contributed by atoms with van der Waals surface area (Å²) in [6, 6.07) is 4.92. The summed E-state index contributed by atoms with van der Waals surface area (Å²) in [6.07, 6.45) is 0. The first-order valence-electron chi connectivity index (χ1n) is 5.36. The second kappa shape index (κ2) is 5.58. The second-order valence-electron chi connectivity index (χ2n) is 3.82. The largest absolute Gasteiger partial charge is 0.326 e. The number of halogens is 1. The monoisotopic (exact) mass is 361 g/mol. The number of thiophene rings is 1. The highest BCUT2D eigenvalue weighted by Crippen LogP contribution is 2.22. The lowest BCUT2D eigenvalue weighted by molar-refractivity contribution is 0.601. The zero-order valence-electron chi connectivity index (χ0n) is 10.1. The number of nitrogens with one attached hydrogen (secondary N) is 1. The smallest absolute Gasteiger partial charge is 0.263 e. The molecular weight excluding hydrogens is 350 g/mol. The number of anilines is 1. The van der Waals surface area contributed by atoms with E-state index in [1.807, 2.05) is 0 Å². The van der Waals surface area contributed by atoms with Crippen molar-refractivity contribution in [3.8, 4) is 0 Å². The first-order chi connectivity index (χ1) is 8.92. The van der Waals surface area contributed by atoms with E-state index in [4.69, 9.17) is 5.73 Å². The fourth-order valence-electron chi connectivity index (χ4n) is 1.41. The molecule has 0 aromatic carbocycles. The molecule has 0 bridgehead atoms. The Hall–Kier alpha value is -0.960. The molecule has 0 saturated carbocycles. The van der Waals surface area contributed by atoms with Crippen molar-refractivity contribution in [2.75, 3.05) is 4.72 Å². The Labute approximate surface area is 124 Å². The van der Waals surface area contributed by atoms with Crippen LogP contribution in [0.15, 0.2) is 32.9 Å². The summed E-state index contributed by atoms with van der Waals surface area (Å²) < 4.78 is 27.5. The molecule has 0 atom stereocenters. The standard InChI is InChI=1S/C11H12BrN3O2S2/c1-7-10(12)2-3-11(14-7)15-19(16,17)9-4-8(5-13)18-6-9/h2-4,6H,5,13H2,1H3,(H,14,15). The number of nitrogens with two attached hydrogens (primary N) is 1. The predicted octanol–water partition coefficient (Wildman–Crippen LogP) is 2.47. The second-order valence-corrected chi connectivity index (χ2v) is 7.35. The lowest BCUT2D eigenvalue weighted by Gasteiger charge is -2.07. The molecule has 0 unspecified atom stereocenters. The van der Waals surface area contributed by atoms with E-state index in [1.54, 1.807) is 30.5 Å². The molecule has 0 amide bonds. The van der Waals surface area contributed by atoms with E-state index in [2.05, 4.69) is 25.6 Å². The number of aryl methyl sites for hydroxylation is 1. The van der Waals surface area contributed by atoms with Gasteiger partial charge in [-0.1, -0.05) is 0 Å². The van der Waals surface area contributed by atoms with E-state index in [9.17, 15) is 8.42 Å². The van der Waals surface area contributed by atoms with E-state index in [0.29, 0.717) is 18.1 Å². The number of aromatic nitrogens is 1. The highest BCUT2D eigenvalue weighted by molar-refractivity contribution is 9.10. The highest BCUT2D eigenvalue weighted by Gasteiger charge is 2.17. The van der Waals surface area contributed by atoms with Gasteiger partial charge >= 0.3 is 0 Å². The van der Waals surface area contributed by atoms with Gasteiger partial charge in [0.05, 0.1) is 10.6 Å². The molecular formula is C11H12BrN3O2S2. The molecule has 0 fully saturated rings. The molecule has 2 rings (SSSR count). The van der Waals surface area contributed by atoms with Crippen LogP contribution in [0.3, 0.4) is 0 Å². The van der Waals surface area contributed by atoms with Crippen LogP contribution >= 0.6 is 27.3 Å². The maximum absolute atomic E-state index is 12.1. The van der Waals surface area contributed by atoms with Gasteiger partial charge < -0.3 is 5.73 Å². The normalized spacial score (nSPS) is 11.5. The first-order valence-corrected chi connectivity index (χ1v) is 8.51. The first kappa shape index (κ1) is 14.4. The van der Waals surface area contributed by atoms with Crippen LogP contribution in [0, 0.1) is 6.92 Å². The van der Waals surface area contributed by atoms with Crippen molar-refractivity contribution in [3.63, 3.8) is 0 Å². The quantitative estimate of drug-likeness (QED) is 0.875. The van der Waals surface area contributed by atoms with Gasteiger partial charge in [-0.3, -0.25) is 4.72 Å². The summed E-state index contributed by atoms with van der Waals surface area (Å²) in [6.45, 7) is 2.12. The number of hydrogen-bond acceptors (Lipinski definition) is 5. The predicted molar refractivity (Wildman–Crippen MR) is 79.7 cm³/mol. The minimum absolute atomic E-state index is 0.209. The SMILES string of the molecule is Cc1nc(NS(=O)(=O)c2csc(CN)c2)ccc1Br. The maximum atomic E-state index is 12.1. The summed E-state index contributed by atoms with van der Waals surface area (Å²) in [5.41, 5.74) is 6.19. The van der Waals surface area contributed by atoms with E-state index >= 15 is 0 Å². The van der Waals surface area contributed by atoms with Crippen molar-refractivity contribution >= 4 is 43.1 Å². The van der Waals surface area contributed by atoms with Crippen LogP contribution in [0.25, 0.3) is 0 Å². The van der Waals surface area contributed by atoms with E-state index in [1.165, 1.54) is 11.3 Å². The van der Waals surface area contributed by atoms with Gasteiger partial charge in [0, 0.05) is 21.3 Å². The minimum Gasteiger partial charge on any atom is -0.326 e. The fourth-order valence-corrected chi connectivity index (χ4v) is 3.78. The van der Waals surface area contributed by atoms with Crippen LogP contribution in [-0.4, -0.2) is 13.4 Å². The highest BCUT2D eigenvalue weighted by atomic mass is 79.9. The van der Waals surface area contributed by atoms with Gasteiger partial charge in [0.1, 0.15) is 5.82 Å². The van der Waals surface area contributed by atoms with Crippen molar-refractivity contribution in [1.82, 2.24) is 4.98 Å². The molecule has 2 aromatic heterocycles. The van der Waals surface area contributed by atoms with Crippen LogP contribution < -0.4 is 10.5 Å². The zero-order valence-corrected chi connectivity index (χ0v) is 13.3. The van der Waals surface area contributed by atoms with Gasteiger partial charge in [-0.15, -0.1) is 11.3 Å². The van der Waals surface area contributed by atoms with Gasteiger partial charge in [-0.25, -0.2) is 13.4 Å². The molecule has 0 aliphatic carbocycles. The van der Waals surface area contributed by atoms with Crippen LogP contribution in [0.1, 0.15) is 10.6 Å². The van der Waals surface area contributed by atoms with Crippen LogP contribution in [0.4, 0.5) is 5.82 Å². The molecule has 102 valence electrons. The Morgan fingerprint density at radius 3 is 2.79 bits per heavy atom. The molecule has 0 aliphatic rings. The molecule has 19 heavy (non-hydrogen) atoms. The van der Waals surface area contributed by atoms with Gasteiger partial charge in [0.25, 0.3) is 10.0 Å². The van der Waals surface area contributed by atoms with Gasteiger partial charge in [-0.05, 0) is 41.1 Å². The van der Waals surface area contributed by atoms with Gasteiger partial charge in [0.15, 0.2) is 0 Å². The van der Waals surface area contributed by atoms with Crippen molar-refractivity contribution in [2.45, 2.75) is 18.4 Å². The van der Waals surface area contributed by atoms with E-state index in [0.717, 1.165) is 9.35 Å². The van der Waals surface area contributed by atoms with Crippen LogP contribution in [0.5, 0.6) is 0 Å². The van der Waals surface area contributed by atoms with Crippen molar-refractivity contribution in [2.24, 2.45) is 5.73 Å². The van der Waals surface area contributed by atoms with E-state index < -0.39 is 10.0 Å². The lowest BCUT2D eigenvalue weighted by Crippen LogP contribution is -2.13. The molecule has 2 heterocycles. The third-order valence-corrected chi connectivity index (χ3v) is 5.68. The minimum atomic E-state index is -3.61. The molecule has 5 nitrogen and oxygen atoms in total. The zero-order chi connectivity index (χ0) is 14.0. The van der Waals surface area contributed by atoms with Crippen LogP contribution in [-0.2, 0) is 16.6 Å². The number of pyridine rings is 1. The molecule has 0 radical (unpaired) electrons. The van der Waals surface area contributed by atoms with Crippen molar-refractivity contribution in [3.05, 3.63) is 38.6 Å². The average molecular weight is 362 g/mol. The van der Waals surface area contributed by atoms with E-state index in [-0.39, 0.29) is 4.90 Å². The Kier molecular flexibility index (Phi) is 4.24. The molecule has 2 aromatic rings. The van der Waals surface area contributed by atoms with Crippen molar-refractivity contribution < 1.29 is 8.42 Å². The fraction of sp³-hybridized carbons (Fsp3) is 0.182. The molecule has 3 N–H and O–H groups in total. The average Bonchev–Trinajstić information content (AvgIpc) is 2.83. The summed E-state index contributed by atoms with van der Waals surface area (Å²) in [4.78, 5) is 5.18. The third kappa shape index (κ3) is 3.33.